The van der Waals surface area contributed by atoms with Crippen molar-refractivity contribution in [3.63, 3.8) is 0 Å². The largest absolute Gasteiger partial charge is 0.263 e. The minimum atomic E-state index is -0.0363. The van der Waals surface area contributed by atoms with Crippen LogP contribution in [-0.4, -0.2) is 4.98 Å². The lowest BCUT2D eigenvalue weighted by Crippen LogP contribution is -1.98. The molecule has 2 aromatic rings. The van der Waals surface area contributed by atoms with Gasteiger partial charge in [0.1, 0.15) is 0 Å². The van der Waals surface area contributed by atoms with Crippen molar-refractivity contribution in [2.75, 3.05) is 0 Å². The number of hydrogen-bond donors (Lipinski definition) is 0. The molecular weight excluding hydrogens is 277 g/mol. The molecule has 1 heterocycles. The van der Waals surface area contributed by atoms with Gasteiger partial charge in [-0.3, -0.25) is 4.98 Å². The first-order valence-electron chi connectivity index (χ1n) is 6.58. The van der Waals surface area contributed by atoms with Crippen LogP contribution in [0.15, 0.2) is 36.7 Å². The van der Waals surface area contributed by atoms with E-state index in [0.717, 1.165) is 12.0 Å². The minimum Gasteiger partial charge on any atom is -0.263 e. The summed E-state index contributed by atoms with van der Waals surface area (Å²) >= 11 is 12.7. The van der Waals surface area contributed by atoms with E-state index >= 15 is 0 Å². The summed E-state index contributed by atoms with van der Waals surface area (Å²) in [5, 5.41) is 0.653. The first-order chi connectivity index (χ1) is 9.24. The monoisotopic (exact) mass is 291 g/mol. The molecule has 0 aliphatic heterocycles. The van der Waals surface area contributed by atoms with E-state index in [1.54, 1.807) is 12.4 Å². The second-order valence-corrected chi connectivity index (χ2v) is 5.95. The van der Waals surface area contributed by atoms with Crippen LogP contribution in [0.1, 0.15) is 34.1 Å². The van der Waals surface area contributed by atoms with Crippen LogP contribution in [0.25, 0.3) is 0 Å². The first-order valence-corrected chi connectivity index (χ1v) is 7.39. The summed E-state index contributed by atoms with van der Waals surface area (Å²) < 4.78 is 0. The Balaban J connectivity index is 1.81. The lowest BCUT2D eigenvalue weighted by molar-refractivity contribution is 0.904. The summed E-state index contributed by atoms with van der Waals surface area (Å²) in [4.78, 5) is 4.00. The maximum absolute atomic E-state index is 6.54. The standard InChI is InChI=1S/C16H15Cl2N/c17-15(9-14-6-7-19-10-16(14)18)13-5-4-11-2-1-3-12(11)8-13/h4-8,10,15H,1-3,9H2. The molecule has 0 radical (unpaired) electrons. The van der Waals surface area contributed by atoms with Crippen LogP contribution < -0.4 is 0 Å². The number of nitrogens with zero attached hydrogens (tertiary/aromatic N) is 1. The van der Waals surface area contributed by atoms with E-state index in [9.17, 15) is 0 Å². The van der Waals surface area contributed by atoms with Gasteiger partial charge in [0.25, 0.3) is 0 Å². The van der Waals surface area contributed by atoms with E-state index in [2.05, 4.69) is 23.2 Å². The summed E-state index contributed by atoms with van der Waals surface area (Å²) in [6.07, 6.45) is 7.82. The summed E-state index contributed by atoms with van der Waals surface area (Å²) in [5.74, 6) is 0. The Morgan fingerprint density at radius 3 is 2.84 bits per heavy atom. The molecule has 0 fully saturated rings. The van der Waals surface area contributed by atoms with Crippen LogP contribution in [0.3, 0.4) is 0 Å². The lowest BCUT2D eigenvalue weighted by Gasteiger charge is -2.12. The van der Waals surface area contributed by atoms with Gasteiger partial charge in [0.15, 0.2) is 0 Å². The highest BCUT2D eigenvalue weighted by Crippen LogP contribution is 2.31. The molecule has 0 spiro atoms. The van der Waals surface area contributed by atoms with E-state index in [0.29, 0.717) is 5.02 Å². The van der Waals surface area contributed by atoms with Gasteiger partial charge in [-0.2, -0.15) is 0 Å². The number of halogens is 2. The quantitative estimate of drug-likeness (QED) is 0.744. The number of hydrogen-bond acceptors (Lipinski definition) is 1. The predicted molar refractivity (Wildman–Crippen MR) is 80.0 cm³/mol. The van der Waals surface area contributed by atoms with E-state index in [1.165, 1.54) is 36.0 Å². The Morgan fingerprint density at radius 1 is 1.16 bits per heavy atom. The highest BCUT2D eigenvalue weighted by molar-refractivity contribution is 6.31. The maximum atomic E-state index is 6.54. The summed E-state index contributed by atoms with van der Waals surface area (Å²) in [6, 6.07) is 8.57. The van der Waals surface area contributed by atoms with Crippen LogP contribution in [-0.2, 0) is 19.3 Å². The molecule has 1 aliphatic rings. The van der Waals surface area contributed by atoms with Gasteiger partial charge in [0, 0.05) is 12.4 Å². The van der Waals surface area contributed by atoms with E-state index in [1.807, 2.05) is 6.07 Å². The Bertz CT molecular complexity index is 595. The van der Waals surface area contributed by atoms with Crippen molar-refractivity contribution in [2.24, 2.45) is 0 Å². The maximum Gasteiger partial charge on any atom is 0.0626 e. The zero-order chi connectivity index (χ0) is 13.2. The van der Waals surface area contributed by atoms with Crippen molar-refractivity contribution in [1.29, 1.82) is 0 Å². The summed E-state index contributed by atoms with van der Waals surface area (Å²) in [5.41, 5.74) is 5.19. The molecule has 98 valence electrons. The SMILES string of the molecule is Clc1cnccc1CC(Cl)c1ccc2c(c1)CCC2. The fourth-order valence-corrected chi connectivity index (χ4v) is 3.17. The number of pyridine rings is 1. The van der Waals surface area contributed by atoms with Crippen molar-refractivity contribution in [2.45, 2.75) is 31.1 Å². The zero-order valence-electron chi connectivity index (χ0n) is 10.6. The molecule has 0 saturated heterocycles. The third-order valence-electron chi connectivity index (χ3n) is 3.74. The van der Waals surface area contributed by atoms with Crippen LogP contribution in [0.5, 0.6) is 0 Å². The first kappa shape index (κ1) is 13.0. The Morgan fingerprint density at radius 2 is 2.00 bits per heavy atom. The van der Waals surface area contributed by atoms with Crippen LogP contribution in [0.2, 0.25) is 5.02 Å². The van der Waals surface area contributed by atoms with Gasteiger partial charge >= 0.3 is 0 Å². The predicted octanol–water partition coefficient (Wildman–Crippen LogP) is 4.75. The normalized spacial score (nSPS) is 15.3. The molecule has 3 rings (SSSR count). The lowest BCUT2D eigenvalue weighted by atomic mass is 10.0. The molecular formula is C16H15Cl2N. The summed E-state index contributed by atoms with van der Waals surface area (Å²) in [6.45, 7) is 0. The molecule has 0 amide bonds. The molecule has 1 nitrogen and oxygen atoms in total. The number of alkyl halides is 1. The summed E-state index contributed by atoms with van der Waals surface area (Å²) in [7, 11) is 0. The van der Waals surface area contributed by atoms with Crippen LogP contribution in [0.4, 0.5) is 0 Å². The number of rotatable bonds is 3. The average Bonchev–Trinajstić information content (AvgIpc) is 2.88. The number of benzene rings is 1. The van der Waals surface area contributed by atoms with E-state index in [4.69, 9.17) is 23.2 Å². The topological polar surface area (TPSA) is 12.9 Å². The van der Waals surface area contributed by atoms with Crippen LogP contribution in [0, 0.1) is 0 Å². The molecule has 0 saturated carbocycles. The third kappa shape index (κ3) is 2.77. The zero-order valence-corrected chi connectivity index (χ0v) is 12.1. The van der Waals surface area contributed by atoms with E-state index < -0.39 is 0 Å². The second kappa shape index (κ2) is 5.52. The van der Waals surface area contributed by atoms with Gasteiger partial charge in [-0.15, -0.1) is 11.6 Å². The van der Waals surface area contributed by atoms with Gasteiger partial charge in [-0.1, -0.05) is 29.8 Å². The molecule has 0 N–H and O–H groups in total. The van der Waals surface area contributed by atoms with Gasteiger partial charge < -0.3 is 0 Å². The molecule has 0 bridgehead atoms. The highest BCUT2D eigenvalue weighted by Gasteiger charge is 2.15. The number of aryl methyl sites for hydroxylation is 2. The molecule has 3 heteroatoms. The fourth-order valence-electron chi connectivity index (χ4n) is 2.67. The van der Waals surface area contributed by atoms with Crippen molar-refractivity contribution >= 4 is 23.2 Å². The fraction of sp³-hybridized carbons (Fsp3) is 0.312. The molecule has 1 aromatic carbocycles. The minimum absolute atomic E-state index is 0.0363. The van der Waals surface area contributed by atoms with E-state index in [-0.39, 0.29) is 5.38 Å². The Kier molecular flexibility index (Phi) is 3.76. The highest BCUT2D eigenvalue weighted by atomic mass is 35.5. The third-order valence-corrected chi connectivity index (χ3v) is 4.49. The van der Waals surface area contributed by atoms with Gasteiger partial charge in [0.2, 0.25) is 0 Å². The van der Waals surface area contributed by atoms with Crippen molar-refractivity contribution in [3.05, 3.63) is 63.9 Å². The molecule has 1 atom stereocenters. The number of fused-ring (bicyclic) bond motifs is 1. The van der Waals surface area contributed by atoms with Gasteiger partial charge in [-0.05, 0) is 54.0 Å². The van der Waals surface area contributed by atoms with Crippen molar-refractivity contribution in [1.82, 2.24) is 4.98 Å². The van der Waals surface area contributed by atoms with Gasteiger partial charge in [0.05, 0.1) is 10.4 Å². The molecule has 1 aromatic heterocycles. The average molecular weight is 292 g/mol. The Labute approximate surface area is 123 Å². The van der Waals surface area contributed by atoms with Crippen molar-refractivity contribution < 1.29 is 0 Å². The Hall–Kier alpha value is -1.05. The molecule has 19 heavy (non-hydrogen) atoms. The number of aromatic nitrogens is 1. The molecule has 1 aliphatic carbocycles. The molecule has 1 unspecified atom stereocenters. The van der Waals surface area contributed by atoms with Crippen molar-refractivity contribution in [3.8, 4) is 0 Å². The van der Waals surface area contributed by atoms with Gasteiger partial charge in [-0.25, -0.2) is 0 Å². The van der Waals surface area contributed by atoms with Crippen LogP contribution >= 0.6 is 23.2 Å². The smallest absolute Gasteiger partial charge is 0.0626 e. The second-order valence-electron chi connectivity index (χ2n) is 5.02.